The monoisotopic (exact) mass is 273 g/mol. The maximum atomic E-state index is 9.92. The third-order valence-corrected chi connectivity index (χ3v) is 3.39. The largest absolute Gasteiger partial charge is 0.468 e. The second-order valence-electron chi connectivity index (χ2n) is 5.30. The number of nitrogens with zero attached hydrogens (tertiary/aromatic N) is 1. The summed E-state index contributed by atoms with van der Waals surface area (Å²) in [4.78, 5) is 2.22. The van der Waals surface area contributed by atoms with Crippen LogP contribution in [0, 0.1) is 6.92 Å². The van der Waals surface area contributed by atoms with Crippen molar-refractivity contribution < 1.29 is 9.52 Å². The summed E-state index contributed by atoms with van der Waals surface area (Å²) in [6.07, 6.45) is 2.16. The molecular weight excluding hydrogens is 250 g/mol. The van der Waals surface area contributed by atoms with Crippen LogP contribution in [-0.4, -0.2) is 22.7 Å². The van der Waals surface area contributed by atoms with Gasteiger partial charge in [-0.2, -0.15) is 0 Å². The Balaban J connectivity index is 2.05. The quantitative estimate of drug-likeness (QED) is 0.840. The van der Waals surface area contributed by atoms with Crippen LogP contribution < -0.4 is 0 Å². The smallest absolute Gasteiger partial charge is 0.117 e. The van der Waals surface area contributed by atoms with Crippen LogP contribution in [0.4, 0.5) is 0 Å². The fourth-order valence-corrected chi connectivity index (χ4v) is 2.30. The van der Waals surface area contributed by atoms with Crippen molar-refractivity contribution in [1.29, 1.82) is 0 Å². The third kappa shape index (κ3) is 4.51. The van der Waals surface area contributed by atoms with Crippen LogP contribution in [-0.2, 0) is 13.1 Å². The van der Waals surface area contributed by atoms with E-state index in [0.29, 0.717) is 6.54 Å². The molecule has 2 aromatic rings. The number of hydrogen-bond acceptors (Lipinski definition) is 3. The Hall–Kier alpha value is -1.58. The second kappa shape index (κ2) is 7.27. The van der Waals surface area contributed by atoms with Gasteiger partial charge in [-0.1, -0.05) is 36.8 Å². The van der Waals surface area contributed by atoms with Gasteiger partial charge in [0.15, 0.2) is 0 Å². The first-order valence-corrected chi connectivity index (χ1v) is 7.15. The molecule has 3 nitrogen and oxygen atoms in total. The summed E-state index contributed by atoms with van der Waals surface area (Å²) in [6, 6.07) is 12.4. The molecule has 0 amide bonds. The van der Waals surface area contributed by atoms with Crippen LogP contribution in [0.2, 0.25) is 0 Å². The maximum absolute atomic E-state index is 9.92. The van der Waals surface area contributed by atoms with Crippen LogP contribution in [0.3, 0.4) is 0 Å². The Morgan fingerprint density at radius 2 is 2.05 bits per heavy atom. The van der Waals surface area contributed by atoms with E-state index in [-0.39, 0.29) is 6.10 Å². The highest BCUT2D eigenvalue weighted by molar-refractivity contribution is 5.22. The number of furan rings is 1. The molecule has 1 N–H and O–H groups in total. The van der Waals surface area contributed by atoms with Crippen molar-refractivity contribution in [3.05, 3.63) is 59.5 Å². The molecule has 1 heterocycles. The average Bonchev–Trinajstić information content (AvgIpc) is 2.91. The molecule has 0 aliphatic rings. The van der Waals surface area contributed by atoms with E-state index in [1.165, 1.54) is 11.1 Å². The lowest BCUT2D eigenvalue weighted by Gasteiger charge is -2.24. The standard InChI is InChI=1S/C17H23NO2/c1-3-16(19)12-18(13-17-8-5-9-20-17)11-15-7-4-6-14(2)10-15/h4-10,16,19H,3,11-13H2,1-2H3/t16-/m0/s1. The average molecular weight is 273 g/mol. The fraction of sp³-hybridized carbons (Fsp3) is 0.412. The first-order valence-electron chi connectivity index (χ1n) is 7.15. The molecule has 0 aliphatic heterocycles. The zero-order valence-electron chi connectivity index (χ0n) is 12.2. The molecule has 0 spiro atoms. The van der Waals surface area contributed by atoms with Gasteiger partial charge in [-0.15, -0.1) is 0 Å². The highest BCUT2D eigenvalue weighted by atomic mass is 16.3. The number of rotatable bonds is 7. The van der Waals surface area contributed by atoms with E-state index in [1.807, 2.05) is 19.1 Å². The van der Waals surface area contributed by atoms with E-state index in [0.717, 1.165) is 25.3 Å². The van der Waals surface area contributed by atoms with E-state index in [4.69, 9.17) is 4.42 Å². The van der Waals surface area contributed by atoms with Crippen LogP contribution in [0.1, 0.15) is 30.2 Å². The molecule has 0 radical (unpaired) electrons. The van der Waals surface area contributed by atoms with E-state index in [2.05, 4.69) is 36.1 Å². The molecule has 0 unspecified atom stereocenters. The van der Waals surface area contributed by atoms with Gasteiger partial charge < -0.3 is 9.52 Å². The molecule has 0 saturated carbocycles. The maximum Gasteiger partial charge on any atom is 0.117 e. The van der Waals surface area contributed by atoms with Crippen LogP contribution >= 0.6 is 0 Å². The normalized spacial score (nSPS) is 12.8. The number of aryl methyl sites for hydroxylation is 1. The molecule has 0 bridgehead atoms. The van der Waals surface area contributed by atoms with Crippen molar-refractivity contribution in [1.82, 2.24) is 4.90 Å². The van der Waals surface area contributed by atoms with E-state index < -0.39 is 0 Å². The first kappa shape index (κ1) is 14.8. The van der Waals surface area contributed by atoms with Gasteiger partial charge in [-0.25, -0.2) is 0 Å². The van der Waals surface area contributed by atoms with Crippen molar-refractivity contribution in [3.8, 4) is 0 Å². The highest BCUT2D eigenvalue weighted by Crippen LogP contribution is 2.13. The predicted molar refractivity (Wildman–Crippen MR) is 80.3 cm³/mol. The van der Waals surface area contributed by atoms with Gasteiger partial charge in [0.25, 0.3) is 0 Å². The van der Waals surface area contributed by atoms with E-state index in [9.17, 15) is 5.11 Å². The molecular formula is C17H23NO2. The zero-order chi connectivity index (χ0) is 14.4. The van der Waals surface area contributed by atoms with Gasteiger partial charge in [0.2, 0.25) is 0 Å². The molecule has 2 rings (SSSR count). The minimum absolute atomic E-state index is 0.297. The van der Waals surface area contributed by atoms with Crippen LogP contribution in [0.5, 0.6) is 0 Å². The minimum Gasteiger partial charge on any atom is -0.468 e. The lowest BCUT2D eigenvalue weighted by molar-refractivity contribution is 0.0974. The molecule has 20 heavy (non-hydrogen) atoms. The molecule has 108 valence electrons. The van der Waals surface area contributed by atoms with Crippen LogP contribution in [0.15, 0.2) is 47.1 Å². The van der Waals surface area contributed by atoms with Gasteiger partial charge >= 0.3 is 0 Å². The predicted octanol–water partition coefficient (Wildman–Crippen LogP) is 3.36. The number of hydrogen-bond donors (Lipinski definition) is 1. The molecule has 1 aromatic carbocycles. The third-order valence-electron chi connectivity index (χ3n) is 3.39. The Kier molecular flexibility index (Phi) is 5.39. The van der Waals surface area contributed by atoms with Crippen molar-refractivity contribution in [2.45, 2.75) is 39.5 Å². The van der Waals surface area contributed by atoms with Gasteiger partial charge in [0.1, 0.15) is 5.76 Å². The summed E-state index contributed by atoms with van der Waals surface area (Å²) in [6.45, 7) is 6.30. The van der Waals surface area contributed by atoms with Gasteiger partial charge in [0, 0.05) is 13.1 Å². The molecule has 1 atom stereocenters. The summed E-state index contributed by atoms with van der Waals surface area (Å²) in [5, 5.41) is 9.92. The number of aliphatic hydroxyl groups excluding tert-OH is 1. The second-order valence-corrected chi connectivity index (χ2v) is 5.30. The summed E-state index contributed by atoms with van der Waals surface area (Å²) in [7, 11) is 0. The SMILES string of the molecule is CC[C@H](O)CN(Cc1cccc(C)c1)Cc1ccco1. The van der Waals surface area contributed by atoms with E-state index >= 15 is 0 Å². The van der Waals surface area contributed by atoms with Crippen LogP contribution in [0.25, 0.3) is 0 Å². The zero-order valence-corrected chi connectivity index (χ0v) is 12.2. The molecule has 0 saturated heterocycles. The highest BCUT2D eigenvalue weighted by Gasteiger charge is 2.13. The van der Waals surface area contributed by atoms with Crippen molar-refractivity contribution in [2.75, 3.05) is 6.54 Å². The Bertz CT molecular complexity index is 507. The van der Waals surface area contributed by atoms with Crippen molar-refractivity contribution >= 4 is 0 Å². The lowest BCUT2D eigenvalue weighted by atomic mass is 10.1. The molecule has 0 aliphatic carbocycles. The Morgan fingerprint density at radius 1 is 1.20 bits per heavy atom. The van der Waals surface area contributed by atoms with Crippen molar-refractivity contribution in [3.63, 3.8) is 0 Å². The van der Waals surface area contributed by atoms with Gasteiger partial charge in [-0.05, 0) is 31.0 Å². The summed E-state index contributed by atoms with van der Waals surface area (Å²) in [5.41, 5.74) is 2.52. The molecule has 0 fully saturated rings. The lowest BCUT2D eigenvalue weighted by Crippen LogP contribution is -2.31. The van der Waals surface area contributed by atoms with Gasteiger partial charge in [0.05, 0.1) is 18.9 Å². The molecule has 3 heteroatoms. The van der Waals surface area contributed by atoms with Crippen molar-refractivity contribution in [2.24, 2.45) is 0 Å². The number of benzene rings is 1. The minimum atomic E-state index is -0.297. The Morgan fingerprint density at radius 3 is 2.70 bits per heavy atom. The van der Waals surface area contributed by atoms with Gasteiger partial charge in [-0.3, -0.25) is 4.90 Å². The summed E-state index contributed by atoms with van der Waals surface area (Å²) < 4.78 is 5.42. The first-order chi connectivity index (χ1) is 9.67. The topological polar surface area (TPSA) is 36.6 Å². The summed E-state index contributed by atoms with van der Waals surface area (Å²) in [5.74, 6) is 0.931. The van der Waals surface area contributed by atoms with E-state index in [1.54, 1.807) is 6.26 Å². The molecule has 1 aromatic heterocycles. The number of aliphatic hydroxyl groups is 1. The Labute approximate surface area is 120 Å². The fourth-order valence-electron chi connectivity index (χ4n) is 2.30. The summed E-state index contributed by atoms with van der Waals surface area (Å²) >= 11 is 0.